The molecule has 8 nitrogen and oxygen atoms in total. The van der Waals surface area contributed by atoms with Crippen molar-refractivity contribution in [2.24, 2.45) is 17.1 Å². The molecule has 0 spiro atoms. The summed E-state index contributed by atoms with van der Waals surface area (Å²) in [6, 6.07) is 10.2. The standard InChI is InChI=1S/C29H37N5O3/c1-18(2)19-9-11-23(12-10-19)29(36,28(3)16-34(4)17-28)24-13-22(14-31-15-24)26-32-27(37-33-26)21-7-5-20(6-8-21)25(30)35/h9-15,18,20-21,36H,5-8,16-17H2,1-4H3,(H2,30,35)/t20-,21-,29-/m0/s1. The van der Waals surface area contributed by atoms with E-state index in [1.165, 1.54) is 5.56 Å². The van der Waals surface area contributed by atoms with Crippen molar-refractivity contribution < 1.29 is 14.4 Å². The first-order valence-corrected chi connectivity index (χ1v) is 13.2. The molecule has 8 heteroatoms. The van der Waals surface area contributed by atoms with Gasteiger partial charge in [0.15, 0.2) is 0 Å². The summed E-state index contributed by atoms with van der Waals surface area (Å²) in [6.07, 6.45) is 6.53. The van der Waals surface area contributed by atoms with Crippen molar-refractivity contribution in [1.82, 2.24) is 20.0 Å². The number of benzene rings is 1. The molecule has 1 amide bonds. The number of hydrogen-bond donors (Lipinski definition) is 2. The Morgan fingerprint density at radius 2 is 1.81 bits per heavy atom. The van der Waals surface area contributed by atoms with E-state index in [0.29, 0.717) is 28.8 Å². The minimum Gasteiger partial charge on any atom is -0.380 e. The van der Waals surface area contributed by atoms with Crippen molar-refractivity contribution in [2.45, 2.75) is 63.9 Å². The molecule has 5 rings (SSSR count). The highest BCUT2D eigenvalue weighted by Crippen LogP contribution is 2.50. The summed E-state index contributed by atoms with van der Waals surface area (Å²) in [5.74, 6) is 1.26. The normalized spacial score (nSPS) is 23.4. The van der Waals surface area contributed by atoms with Gasteiger partial charge in [-0.05, 0) is 55.8 Å². The molecular formula is C29H37N5O3. The second kappa shape index (κ2) is 9.65. The second-order valence-electron chi connectivity index (χ2n) is 11.6. The van der Waals surface area contributed by atoms with Gasteiger partial charge in [0, 0.05) is 53.9 Å². The van der Waals surface area contributed by atoms with Crippen molar-refractivity contribution in [1.29, 1.82) is 0 Å². The molecule has 3 heterocycles. The van der Waals surface area contributed by atoms with Crippen molar-refractivity contribution >= 4 is 5.91 Å². The zero-order chi connectivity index (χ0) is 26.4. The van der Waals surface area contributed by atoms with Gasteiger partial charge in [0.05, 0.1) is 0 Å². The van der Waals surface area contributed by atoms with Crippen LogP contribution in [0.25, 0.3) is 11.4 Å². The molecule has 0 radical (unpaired) electrons. The highest BCUT2D eigenvalue weighted by Gasteiger charge is 2.55. The van der Waals surface area contributed by atoms with Crippen LogP contribution < -0.4 is 5.73 Å². The van der Waals surface area contributed by atoms with Crippen LogP contribution in [0.4, 0.5) is 0 Å². The number of pyridine rings is 1. The van der Waals surface area contributed by atoms with Crippen molar-refractivity contribution in [2.75, 3.05) is 20.1 Å². The van der Waals surface area contributed by atoms with Crippen LogP contribution in [-0.4, -0.2) is 51.2 Å². The summed E-state index contributed by atoms with van der Waals surface area (Å²) in [7, 11) is 2.07. The third-order valence-corrected chi connectivity index (χ3v) is 8.44. The van der Waals surface area contributed by atoms with Crippen LogP contribution in [0.5, 0.6) is 0 Å². The maximum atomic E-state index is 12.5. The molecule has 1 aromatic carbocycles. The molecule has 3 aromatic rings. The van der Waals surface area contributed by atoms with Gasteiger partial charge in [-0.15, -0.1) is 0 Å². The molecule has 196 valence electrons. The van der Waals surface area contributed by atoms with E-state index in [0.717, 1.165) is 44.3 Å². The first-order valence-electron chi connectivity index (χ1n) is 13.2. The summed E-state index contributed by atoms with van der Waals surface area (Å²) in [5.41, 5.74) is 7.35. The van der Waals surface area contributed by atoms with E-state index < -0.39 is 5.60 Å². The Morgan fingerprint density at radius 1 is 1.14 bits per heavy atom. The number of aromatic nitrogens is 3. The molecule has 37 heavy (non-hydrogen) atoms. The smallest absolute Gasteiger partial charge is 0.230 e. The lowest BCUT2D eigenvalue weighted by atomic mass is 9.62. The number of carbonyl (C=O) groups is 1. The summed E-state index contributed by atoms with van der Waals surface area (Å²) in [4.78, 5) is 22.9. The van der Waals surface area contributed by atoms with Crippen molar-refractivity contribution in [3.8, 4) is 11.4 Å². The van der Waals surface area contributed by atoms with E-state index in [4.69, 9.17) is 10.3 Å². The van der Waals surface area contributed by atoms with Crippen molar-refractivity contribution in [3.05, 3.63) is 65.3 Å². The van der Waals surface area contributed by atoms with E-state index in [1.54, 1.807) is 12.4 Å². The monoisotopic (exact) mass is 503 g/mol. The van der Waals surface area contributed by atoms with Gasteiger partial charge in [-0.3, -0.25) is 9.78 Å². The summed E-state index contributed by atoms with van der Waals surface area (Å²) < 4.78 is 5.64. The molecule has 1 aliphatic carbocycles. The van der Waals surface area contributed by atoms with Gasteiger partial charge in [-0.2, -0.15) is 4.98 Å². The van der Waals surface area contributed by atoms with Gasteiger partial charge in [-0.25, -0.2) is 0 Å². The molecule has 1 aliphatic heterocycles. The zero-order valence-electron chi connectivity index (χ0n) is 22.1. The first kappa shape index (κ1) is 25.5. The quantitative estimate of drug-likeness (QED) is 0.496. The molecular weight excluding hydrogens is 466 g/mol. The highest BCUT2D eigenvalue weighted by molar-refractivity contribution is 5.76. The Balaban J connectivity index is 1.46. The van der Waals surface area contributed by atoms with Crippen molar-refractivity contribution in [3.63, 3.8) is 0 Å². The van der Waals surface area contributed by atoms with Crippen LogP contribution in [-0.2, 0) is 10.4 Å². The number of hydrogen-bond acceptors (Lipinski definition) is 7. The Bertz CT molecular complexity index is 1260. The number of nitrogens with two attached hydrogens (primary N) is 1. The van der Waals surface area contributed by atoms with E-state index in [9.17, 15) is 9.90 Å². The maximum absolute atomic E-state index is 12.5. The minimum atomic E-state index is -1.24. The highest BCUT2D eigenvalue weighted by atomic mass is 16.5. The Hall–Kier alpha value is -3.10. The third kappa shape index (κ3) is 4.57. The van der Waals surface area contributed by atoms with E-state index in [1.807, 2.05) is 18.2 Å². The first-order chi connectivity index (χ1) is 17.6. The molecule has 1 saturated heterocycles. The Labute approximate surface area is 218 Å². The van der Waals surface area contributed by atoms with Crippen LogP contribution in [0, 0.1) is 11.3 Å². The Kier molecular flexibility index (Phi) is 6.66. The molecule has 0 unspecified atom stereocenters. The number of primary amides is 1. The summed E-state index contributed by atoms with van der Waals surface area (Å²) >= 11 is 0. The van der Waals surface area contributed by atoms with Gasteiger partial charge in [0.2, 0.25) is 17.6 Å². The molecule has 1 atom stereocenters. The van der Waals surface area contributed by atoms with Crippen LogP contribution in [0.15, 0.2) is 47.2 Å². The van der Waals surface area contributed by atoms with Crippen LogP contribution in [0.2, 0.25) is 0 Å². The zero-order valence-corrected chi connectivity index (χ0v) is 22.1. The van der Waals surface area contributed by atoms with Crippen LogP contribution in [0.3, 0.4) is 0 Å². The third-order valence-electron chi connectivity index (χ3n) is 8.44. The van der Waals surface area contributed by atoms with Gasteiger partial charge in [-0.1, -0.05) is 50.2 Å². The van der Waals surface area contributed by atoms with E-state index >= 15 is 0 Å². The SMILES string of the molecule is CC(C)c1ccc([C@](O)(c2cncc(-c3noc([C@H]4CC[C@H](C(N)=O)CC4)n3)c2)C2(C)CN(C)C2)cc1. The summed E-state index contributed by atoms with van der Waals surface area (Å²) in [6.45, 7) is 7.99. The topological polar surface area (TPSA) is 118 Å². The number of aliphatic hydroxyl groups is 1. The fraction of sp³-hybridized carbons (Fsp3) is 0.517. The number of likely N-dealkylation sites (tertiary alicyclic amines) is 1. The number of amides is 1. The number of rotatable bonds is 7. The van der Waals surface area contributed by atoms with Crippen LogP contribution >= 0.6 is 0 Å². The molecule has 3 N–H and O–H groups in total. The van der Waals surface area contributed by atoms with Crippen LogP contribution in [0.1, 0.15) is 80.9 Å². The second-order valence-corrected chi connectivity index (χ2v) is 11.6. The van der Waals surface area contributed by atoms with E-state index in [2.05, 4.69) is 60.0 Å². The van der Waals surface area contributed by atoms with Gasteiger partial charge in [0.25, 0.3) is 0 Å². The molecule has 2 aromatic heterocycles. The lowest BCUT2D eigenvalue weighted by molar-refractivity contribution is -0.127. The fourth-order valence-corrected chi connectivity index (χ4v) is 6.25. The summed E-state index contributed by atoms with van der Waals surface area (Å²) in [5, 5.41) is 16.7. The van der Waals surface area contributed by atoms with Gasteiger partial charge in [0.1, 0.15) is 5.60 Å². The van der Waals surface area contributed by atoms with E-state index in [-0.39, 0.29) is 23.2 Å². The number of carbonyl (C=O) groups excluding carboxylic acids is 1. The lowest BCUT2D eigenvalue weighted by Crippen LogP contribution is -2.63. The predicted molar refractivity (Wildman–Crippen MR) is 141 cm³/mol. The van der Waals surface area contributed by atoms with Gasteiger partial charge >= 0.3 is 0 Å². The number of nitrogens with zero attached hydrogens (tertiary/aromatic N) is 4. The lowest BCUT2D eigenvalue weighted by Gasteiger charge is -2.55. The maximum Gasteiger partial charge on any atom is 0.230 e. The predicted octanol–water partition coefficient (Wildman–Crippen LogP) is 4.20. The molecule has 1 saturated carbocycles. The molecule has 2 fully saturated rings. The molecule has 0 bridgehead atoms. The fourth-order valence-electron chi connectivity index (χ4n) is 6.25. The average molecular weight is 504 g/mol. The molecule has 2 aliphatic rings. The van der Waals surface area contributed by atoms with Gasteiger partial charge < -0.3 is 20.3 Å². The average Bonchev–Trinajstić information content (AvgIpc) is 3.38. The minimum absolute atomic E-state index is 0.0706. The largest absolute Gasteiger partial charge is 0.380 e. The Morgan fingerprint density at radius 3 is 2.41 bits per heavy atom.